The van der Waals surface area contributed by atoms with Crippen LogP contribution in [0.15, 0.2) is 36.7 Å². The molecule has 128 valence electrons. The summed E-state index contributed by atoms with van der Waals surface area (Å²) in [6.45, 7) is 0. The number of aryl methyl sites for hydroxylation is 1. The average molecular weight is 328 g/mol. The van der Waals surface area contributed by atoms with Crippen molar-refractivity contribution in [1.29, 1.82) is 0 Å². The Bertz CT molecular complexity index is 719. The summed E-state index contributed by atoms with van der Waals surface area (Å²) in [6, 6.07) is 7.43. The van der Waals surface area contributed by atoms with Gasteiger partial charge in [-0.3, -0.25) is 9.48 Å². The van der Waals surface area contributed by atoms with E-state index in [2.05, 4.69) is 10.4 Å². The number of anilines is 1. The summed E-state index contributed by atoms with van der Waals surface area (Å²) >= 11 is 0. The molecule has 1 aromatic heterocycles. The van der Waals surface area contributed by atoms with Crippen LogP contribution in [0.5, 0.6) is 0 Å². The van der Waals surface area contributed by atoms with E-state index in [1.54, 1.807) is 10.9 Å². The summed E-state index contributed by atoms with van der Waals surface area (Å²) < 4.78 is 1.73. The number of carbonyl (C=O) groups excluding carboxylic acids is 1. The maximum Gasteiger partial charge on any atom is 0.251 e. The quantitative estimate of drug-likeness (QED) is 0.877. The van der Waals surface area contributed by atoms with Crippen LogP contribution >= 0.6 is 0 Å². The highest BCUT2D eigenvalue weighted by Crippen LogP contribution is 2.38. The number of aliphatic hydroxyl groups is 1. The molecule has 1 aliphatic rings. The Morgan fingerprint density at radius 2 is 2.17 bits per heavy atom. The zero-order valence-corrected chi connectivity index (χ0v) is 14.3. The lowest BCUT2D eigenvalue weighted by molar-refractivity contribution is 0.0235. The van der Waals surface area contributed by atoms with Gasteiger partial charge >= 0.3 is 0 Å². The zero-order chi connectivity index (χ0) is 17.3. The second-order valence-corrected chi connectivity index (χ2v) is 6.73. The Hall–Kier alpha value is -2.34. The third kappa shape index (κ3) is 3.43. The van der Waals surface area contributed by atoms with E-state index in [4.69, 9.17) is 0 Å². The number of carbonyl (C=O) groups is 1. The molecule has 1 amide bonds. The van der Waals surface area contributed by atoms with Crippen molar-refractivity contribution in [2.75, 3.05) is 19.0 Å². The molecular weight excluding hydrogens is 304 g/mol. The van der Waals surface area contributed by atoms with E-state index in [1.165, 1.54) is 0 Å². The average Bonchev–Trinajstić information content (AvgIpc) is 2.96. The first-order valence-corrected chi connectivity index (χ1v) is 8.19. The summed E-state index contributed by atoms with van der Waals surface area (Å²) in [5, 5.41) is 17.0. The first kappa shape index (κ1) is 16.5. The van der Waals surface area contributed by atoms with E-state index < -0.39 is 0 Å². The molecule has 6 nitrogen and oxygen atoms in total. The summed E-state index contributed by atoms with van der Waals surface area (Å²) in [5.74, 6) is 0.138. The van der Waals surface area contributed by atoms with Crippen LogP contribution in [0, 0.1) is 5.92 Å². The van der Waals surface area contributed by atoms with Gasteiger partial charge < -0.3 is 15.3 Å². The molecule has 0 unspecified atom stereocenters. The Labute approximate surface area is 142 Å². The number of nitrogens with one attached hydrogen (secondary N) is 1. The van der Waals surface area contributed by atoms with Crippen molar-refractivity contribution in [3.05, 3.63) is 47.8 Å². The third-order valence-electron chi connectivity index (χ3n) is 4.62. The summed E-state index contributed by atoms with van der Waals surface area (Å²) in [4.78, 5) is 14.7. The molecule has 1 fully saturated rings. The Balaban J connectivity index is 1.79. The molecule has 0 radical (unpaired) electrons. The summed E-state index contributed by atoms with van der Waals surface area (Å²) in [7, 11) is 5.76. The Morgan fingerprint density at radius 1 is 1.42 bits per heavy atom. The fraction of sp³-hybridized carbons (Fsp3) is 0.444. The molecule has 1 aromatic carbocycles. The standard InChI is InChI=1S/C18H24N4O2/c1-21(2)15-6-4-5-12(7-15)18(24)20-17(13-8-16(23)9-13)14-10-19-22(3)11-14/h4-7,10-11,13,16-17,23H,8-9H2,1-3H3,(H,20,24)/t13?,16?,17-/m0/s1. The van der Waals surface area contributed by atoms with Crippen LogP contribution in [0.25, 0.3) is 0 Å². The SMILES string of the molecule is CN(C)c1cccc(C(=O)N[C@H](c2cnn(C)c2)C2CC(O)C2)c1. The van der Waals surface area contributed by atoms with Crippen molar-refractivity contribution in [1.82, 2.24) is 15.1 Å². The van der Waals surface area contributed by atoms with Gasteiger partial charge in [0.25, 0.3) is 5.91 Å². The lowest BCUT2D eigenvalue weighted by Gasteiger charge is -2.37. The van der Waals surface area contributed by atoms with E-state index in [0.717, 1.165) is 11.3 Å². The molecule has 0 spiro atoms. The molecule has 1 aliphatic carbocycles. The van der Waals surface area contributed by atoms with Crippen molar-refractivity contribution < 1.29 is 9.90 Å². The maximum atomic E-state index is 12.7. The molecule has 6 heteroatoms. The molecule has 3 rings (SSSR count). The largest absolute Gasteiger partial charge is 0.393 e. The van der Waals surface area contributed by atoms with Crippen LogP contribution in [0.4, 0.5) is 5.69 Å². The fourth-order valence-electron chi connectivity index (χ4n) is 3.13. The first-order valence-electron chi connectivity index (χ1n) is 8.19. The van der Waals surface area contributed by atoms with Crippen LogP contribution in [0.2, 0.25) is 0 Å². The zero-order valence-electron chi connectivity index (χ0n) is 14.3. The topological polar surface area (TPSA) is 70.4 Å². The van der Waals surface area contributed by atoms with Gasteiger partial charge in [0.05, 0.1) is 18.3 Å². The minimum absolute atomic E-state index is 0.103. The van der Waals surface area contributed by atoms with Gasteiger partial charge in [0.1, 0.15) is 0 Å². The maximum absolute atomic E-state index is 12.7. The minimum Gasteiger partial charge on any atom is -0.393 e. The number of hydrogen-bond acceptors (Lipinski definition) is 4. The Morgan fingerprint density at radius 3 is 2.75 bits per heavy atom. The van der Waals surface area contributed by atoms with Crippen molar-refractivity contribution in [3.63, 3.8) is 0 Å². The number of nitrogens with zero attached hydrogens (tertiary/aromatic N) is 3. The van der Waals surface area contributed by atoms with E-state index in [-0.39, 0.29) is 24.0 Å². The smallest absolute Gasteiger partial charge is 0.251 e. The van der Waals surface area contributed by atoms with Gasteiger partial charge in [0, 0.05) is 44.2 Å². The molecule has 24 heavy (non-hydrogen) atoms. The van der Waals surface area contributed by atoms with Gasteiger partial charge in [-0.15, -0.1) is 0 Å². The van der Waals surface area contributed by atoms with E-state index in [9.17, 15) is 9.90 Å². The highest BCUT2D eigenvalue weighted by molar-refractivity contribution is 5.95. The van der Waals surface area contributed by atoms with Gasteiger partial charge in [-0.2, -0.15) is 5.10 Å². The lowest BCUT2D eigenvalue weighted by atomic mass is 9.75. The van der Waals surface area contributed by atoms with Crippen LogP contribution in [0.3, 0.4) is 0 Å². The first-order chi connectivity index (χ1) is 11.4. The molecule has 2 N–H and O–H groups in total. The van der Waals surface area contributed by atoms with Crippen LogP contribution in [-0.4, -0.2) is 41.0 Å². The molecular formula is C18H24N4O2. The highest BCUT2D eigenvalue weighted by Gasteiger charge is 2.36. The van der Waals surface area contributed by atoms with Gasteiger partial charge in [-0.1, -0.05) is 6.07 Å². The number of rotatable bonds is 5. The van der Waals surface area contributed by atoms with Crippen molar-refractivity contribution in [2.24, 2.45) is 13.0 Å². The molecule has 0 bridgehead atoms. The lowest BCUT2D eigenvalue weighted by Crippen LogP contribution is -2.41. The molecule has 1 saturated carbocycles. The van der Waals surface area contributed by atoms with E-state index in [1.807, 2.05) is 56.5 Å². The predicted octanol–water partition coefficient (Wildman–Crippen LogP) is 1.73. The van der Waals surface area contributed by atoms with Crippen molar-refractivity contribution in [3.8, 4) is 0 Å². The monoisotopic (exact) mass is 328 g/mol. The summed E-state index contributed by atoms with van der Waals surface area (Å²) in [5.41, 5.74) is 2.60. The molecule has 1 heterocycles. The summed E-state index contributed by atoms with van der Waals surface area (Å²) in [6.07, 6.45) is 4.86. The number of benzene rings is 1. The van der Waals surface area contributed by atoms with Gasteiger partial charge in [-0.25, -0.2) is 0 Å². The highest BCUT2D eigenvalue weighted by atomic mass is 16.3. The second kappa shape index (κ2) is 6.65. The molecule has 2 aromatic rings. The third-order valence-corrected chi connectivity index (χ3v) is 4.62. The number of aliphatic hydroxyl groups excluding tert-OH is 1. The number of amides is 1. The van der Waals surface area contributed by atoms with Crippen molar-refractivity contribution in [2.45, 2.75) is 25.0 Å². The van der Waals surface area contributed by atoms with Crippen molar-refractivity contribution >= 4 is 11.6 Å². The van der Waals surface area contributed by atoms with Crippen LogP contribution in [-0.2, 0) is 7.05 Å². The molecule has 0 saturated heterocycles. The van der Waals surface area contributed by atoms with E-state index >= 15 is 0 Å². The predicted molar refractivity (Wildman–Crippen MR) is 92.9 cm³/mol. The number of aromatic nitrogens is 2. The van der Waals surface area contributed by atoms with Crippen LogP contribution < -0.4 is 10.2 Å². The van der Waals surface area contributed by atoms with E-state index in [0.29, 0.717) is 18.4 Å². The van der Waals surface area contributed by atoms with Gasteiger partial charge in [0.2, 0.25) is 0 Å². The second-order valence-electron chi connectivity index (χ2n) is 6.73. The molecule has 1 atom stereocenters. The Kier molecular flexibility index (Phi) is 4.57. The fourth-order valence-corrected chi connectivity index (χ4v) is 3.13. The normalized spacial score (nSPS) is 21.0. The van der Waals surface area contributed by atoms with Gasteiger partial charge in [0.15, 0.2) is 0 Å². The minimum atomic E-state index is -0.261. The molecule has 0 aliphatic heterocycles. The van der Waals surface area contributed by atoms with Gasteiger partial charge in [-0.05, 0) is 37.0 Å². The number of hydrogen-bond donors (Lipinski definition) is 2. The van der Waals surface area contributed by atoms with Crippen LogP contribution in [0.1, 0.15) is 34.8 Å².